The van der Waals surface area contributed by atoms with Crippen LogP contribution in [0.1, 0.15) is 33.1 Å². The molecule has 0 aromatic rings. The Hall–Kier alpha value is -0.300. The summed E-state index contributed by atoms with van der Waals surface area (Å²) >= 11 is 0. The Balaban J connectivity index is 0.000000180. The summed E-state index contributed by atoms with van der Waals surface area (Å²) in [6, 6.07) is 0. The molecular weight excluding hydrogens is 122 g/mol. The van der Waals surface area contributed by atoms with Crippen molar-refractivity contribution in [3.63, 3.8) is 0 Å². The van der Waals surface area contributed by atoms with Gasteiger partial charge in [0.1, 0.15) is 0 Å². The summed E-state index contributed by atoms with van der Waals surface area (Å²) in [6.45, 7) is 6.59. The van der Waals surface area contributed by atoms with Gasteiger partial charge in [0.15, 0.2) is 0 Å². The predicted octanol–water partition coefficient (Wildman–Crippen LogP) is 2.34. The van der Waals surface area contributed by atoms with Crippen molar-refractivity contribution in [3.8, 4) is 0 Å². The van der Waals surface area contributed by atoms with Gasteiger partial charge in [-0.25, -0.2) is 0 Å². The van der Waals surface area contributed by atoms with E-state index in [1.165, 1.54) is 19.3 Å². The van der Waals surface area contributed by atoms with Crippen LogP contribution in [0.4, 0.5) is 0 Å². The lowest BCUT2D eigenvalue weighted by atomic mass is 10.3. The smallest absolute Gasteiger partial charge is 0.0135 e. The standard InChI is InChI=1S/C5H9N.C4H10/c1-2-4-6-5-3-1;1-3-4-2/h1-2,6H,3-5H2;3-4H2,1-2H3. The molecule has 0 amide bonds. The van der Waals surface area contributed by atoms with Crippen molar-refractivity contribution in [2.24, 2.45) is 0 Å². The van der Waals surface area contributed by atoms with Crippen LogP contribution in [-0.2, 0) is 0 Å². The molecule has 0 saturated carbocycles. The molecule has 0 atom stereocenters. The summed E-state index contributed by atoms with van der Waals surface area (Å²) in [4.78, 5) is 0. The van der Waals surface area contributed by atoms with E-state index >= 15 is 0 Å². The van der Waals surface area contributed by atoms with E-state index in [9.17, 15) is 0 Å². The van der Waals surface area contributed by atoms with Gasteiger partial charge in [0.25, 0.3) is 0 Å². The third-order valence-corrected chi connectivity index (χ3v) is 1.42. The lowest BCUT2D eigenvalue weighted by Crippen LogP contribution is -2.17. The molecule has 1 N–H and O–H groups in total. The Morgan fingerprint density at radius 2 is 1.90 bits per heavy atom. The van der Waals surface area contributed by atoms with E-state index in [0.29, 0.717) is 0 Å². The van der Waals surface area contributed by atoms with E-state index in [1.807, 2.05) is 0 Å². The molecule has 1 aliphatic heterocycles. The summed E-state index contributed by atoms with van der Waals surface area (Å²) in [6.07, 6.45) is 8.21. The van der Waals surface area contributed by atoms with Gasteiger partial charge >= 0.3 is 0 Å². The molecule has 0 unspecified atom stereocenters. The molecule has 0 aromatic heterocycles. The van der Waals surface area contributed by atoms with E-state index in [4.69, 9.17) is 0 Å². The second-order valence-corrected chi connectivity index (χ2v) is 2.46. The van der Waals surface area contributed by atoms with Crippen molar-refractivity contribution in [2.75, 3.05) is 13.1 Å². The first-order valence-electron chi connectivity index (χ1n) is 4.27. The molecular formula is C9H19N. The minimum Gasteiger partial charge on any atom is -0.313 e. The fraction of sp³-hybridized carbons (Fsp3) is 0.778. The van der Waals surface area contributed by atoms with Crippen molar-refractivity contribution in [1.82, 2.24) is 5.32 Å². The molecule has 10 heavy (non-hydrogen) atoms. The highest BCUT2D eigenvalue weighted by Gasteiger charge is 1.84. The molecule has 0 aromatic carbocycles. The molecule has 0 saturated heterocycles. The average Bonchev–Trinajstić information content (AvgIpc) is 2.08. The minimum absolute atomic E-state index is 1.07. The van der Waals surface area contributed by atoms with Crippen molar-refractivity contribution in [2.45, 2.75) is 33.1 Å². The largest absolute Gasteiger partial charge is 0.313 e. The third kappa shape index (κ3) is 7.70. The first-order chi connectivity index (χ1) is 4.91. The SMILES string of the molecule is C1=CCNCC1.CCCC. The molecule has 1 rings (SSSR count). The van der Waals surface area contributed by atoms with Crippen molar-refractivity contribution in [1.29, 1.82) is 0 Å². The monoisotopic (exact) mass is 141 g/mol. The van der Waals surface area contributed by atoms with Gasteiger partial charge in [-0.05, 0) is 13.0 Å². The van der Waals surface area contributed by atoms with Crippen LogP contribution in [0.2, 0.25) is 0 Å². The van der Waals surface area contributed by atoms with E-state index in [0.717, 1.165) is 13.1 Å². The van der Waals surface area contributed by atoms with Gasteiger partial charge in [-0.15, -0.1) is 0 Å². The molecule has 0 aliphatic carbocycles. The molecule has 0 fully saturated rings. The molecule has 0 bridgehead atoms. The van der Waals surface area contributed by atoms with Gasteiger partial charge in [-0.3, -0.25) is 0 Å². The van der Waals surface area contributed by atoms with Crippen LogP contribution >= 0.6 is 0 Å². The maximum Gasteiger partial charge on any atom is 0.0135 e. The summed E-state index contributed by atoms with van der Waals surface area (Å²) in [5.41, 5.74) is 0. The summed E-state index contributed by atoms with van der Waals surface area (Å²) < 4.78 is 0. The van der Waals surface area contributed by atoms with E-state index in [-0.39, 0.29) is 0 Å². The number of rotatable bonds is 1. The Morgan fingerprint density at radius 3 is 2.00 bits per heavy atom. The van der Waals surface area contributed by atoms with Crippen molar-refractivity contribution >= 4 is 0 Å². The Bertz CT molecular complexity index is 66.8. The Morgan fingerprint density at radius 1 is 1.20 bits per heavy atom. The zero-order valence-corrected chi connectivity index (χ0v) is 7.19. The highest BCUT2D eigenvalue weighted by molar-refractivity contribution is 4.88. The zero-order valence-electron chi connectivity index (χ0n) is 7.19. The lowest BCUT2D eigenvalue weighted by molar-refractivity contribution is 0.728. The van der Waals surface area contributed by atoms with Crippen LogP contribution in [0.5, 0.6) is 0 Å². The maximum absolute atomic E-state index is 3.20. The van der Waals surface area contributed by atoms with E-state index in [1.54, 1.807) is 0 Å². The first-order valence-corrected chi connectivity index (χ1v) is 4.27. The summed E-state index contributed by atoms with van der Waals surface area (Å²) in [5.74, 6) is 0. The molecule has 0 radical (unpaired) electrons. The molecule has 1 heterocycles. The summed E-state index contributed by atoms with van der Waals surface area (Å²) in [7, 11) is 0. The van der Waals surface area contributed by atoms with Crippen LogP contribution in [-0.4, -0.2) is 13.1 Å². The molecule has 1 aliphatic rings. The topological polar surface area (TPSA) is 12.0 Å². The van der Waals surface area contributed by atoms with Crippen LogP contribution < -0.4 is 5.32 Å². The molecule has 0 spiro atoms. The fourth-order valence-corrected chi connectivity index (χ4v) is 0.572. The van der Waals surface area contributed by atoms with Crippen LogP contribution in [0.3, 0.4) is 0 Å². The highest BCUT2D eigenvalue weighted by Crippen LogP contribution is 1.84. The first kappa shape index (κ1) is 9.70. The van der Waals surface area contributed by atoms with E-state index in [2.05, 4.69) is 31.3 Å². The number of nitrogens with one attached hydrogen (secondary N) is 1. The van der Waals surface area contributed by atoms with Gasteiger partial charge in [-0.1, -0.05) is 38.8 Å². The van der Waals surface area contributed by atoms with Gasteiger partial charge in [-0.2, -0.15) is 0 Å². The maximum atomic E-state index is 3.20. The predicted molar refractivity (Wildman–Crippen MR) is 47.2 cm³/mol. The van der Waals surface area contributed by atoms with Gasteiger partial charge in [0.05, 0.1) is 0 Å². The molecule has 1 nitrogen and oxygen atoms in total. The fourth-order valence-electron chi connectivity index (χ4n) is 0.572. The third-order valence-electron chi connectivity index (χ3n) is 1.42. The van der Waals surface area contributed by atoms with Crippen molar-refractivity contribution < 1.29 is 0 Å². The van der Waals surface area contributed by atoms with Crippen LogP contribution in [0.25, 0.3) is 0 Å². The molecule has 60 valence electrons. The Kier molecular flexibility index (Phi) is 8.44. The zero-order chi connectivity index (χ0) is 7.66. The van der Waals surface area contributed by atoms with Gasteiger partial charge in [0, 0.05) is 6.54 Å². The Labute approximate surface area is 64.5 Å². The van der Waals surface area contributed by atoms with E-state index < -0.39 is 0 Å². The normalized spacial score (nSPS) is 15.8. The summed E-state index contributed by atoms with van der Waals surface area (Å²) in [5, 5.41) is 3.20. The quantitative estimate of drug-likeness (QED) is 0.553. The highest BCUT2D eigenvalue weighted by atomic mass is 14.8. The number of hydrogen-bond donors (Lipinski definition) is 1. The lowest BCUT2D eigenvalue weighted by Gasteiger charge is -2.01. The van der Waals surface area contributed by atoms with Gasteiger partial charge < -0.3 is 5.32 Å². The number of hydrogen-bond acceptors (Lipinski definition) is 1. The van der Waals surface area contributed by atoms with Crippen LogP contribution in [0.15, 0.2) is 12.2 Å². The number of unbranched alkanes of at least 4 members (excludes halogenated alkanes) is 1. The second kappa shape index (κ2) is 8.70. The van der Waals surface area contributed by atoms with Crippen molar-refractivity contribution in [3.05, 3.63) is 12.2 Å². The van der Waals surface area contributed by atoms with Gasteiger partial charge in [0.2, 0.25) is 0 Å². The van der Waals surface area contributed by atoms with Crippen LogP contribution in [0, 0.1) is 0 Å². The molecule has 1 heteroatoms. The second-order valence-electron chi connectivity index (χ2n) is 2.46. The average molecular weight is 141 g/mol. The minimum atomic E-state index is 1.07.